The van der Waals surface area contributed by atoms with E-state index in [9.17, 15) is 13.2 Å². The van der Waals surface area contributed by atoms with Gasteiger partial charge in [-0.1, -0.05) is 60.7 Å². The Morgan fingerprint density at radius 2 is 1.39 bits per heavy atom. The Labute approximate surface area is 195 Å². The number of sulfonamides is 1. The standard InChI is InChI=1S/C24H21IN2O3S/c25-20-11-13-22(14-12-20)31(29,30)27-16-21-15-24(17-26(21)23(27)28,18-7-3-1-4-8-18)19-9-5-2-6-10-19/h1-14,21H,15-17H2/t21-/m0/s1. The largest absolute Gasteiger partial charge is 0.334 e. The van der Waals surface area contributed by atoms with E-state index in [-0.39, 0.29) is 22.9 Å². The summed E-state index contributed by atoms with van der Waals surface area (Å²) in [7, 11) is -3.87. The monoisotopic (exact) mass is 544 g/mol. The summed E-state index contributed by atoms with van der Waals surface area (Å²) in [6.07, 6.45) is 0.686. The zero-order chi connectivity index (χ0) is 21.6. The van der Waals surface area contributed by atoms with Gasteiger partial charge in [-0.15, -0.1) is 0 Å². The highest BCUT2D eigenvalue weighted by Gasteiger charge is 2.55. The van der Waals surface area contributed by atoms with E-state index in [0.717, 1.165) is 19.0 Å². The fraction of sp³-hybridized carbons (Fsp3) is 0.208. The van der Waals surface area contributed by atoms with Crippen LogP contribution < -0.4 is 0 Å². The Morgan fingerprint density at radius 1 is 0.839 bits per heavy atom. The van der Waals surface area contributed by atoms with Crippen molar-refractivity contribution < 1.29 is 13.2 Å². The number of amides is 2. The Kier molecular flexibility index (Phi) is 5.05. The summed E-state index contributed by atoms with van der Waals surface area (Å²) in [6, 6.07) is 26.4. The van der Waals surface area contributed by atoms with E-state index in [1.165, 1.54) is 0 Å². The first kappa shape index (κ1) is 20.5. The molecule has 0 aromatic heterocycles. The fourth-order valence-electron chi connectivity index (χ4n) is 4.83. The van der Waals surface area contributed by atoms with Crippen LogP contribution in [0.4, 0.5) is 4.79 Å². The molecule has 0 radical (unpaired) electrons. The number of halogens is 1. The van der Waals surface area contributed by atoms with Crippen LogP contribution in [-0.2, 0) is 15.4 Å². The predicted octanol–water partition coefficient (Wildman–Crippen LogP) is 4.48. The van der Waals surface area contributed by atoms with Crippen LogP contribution in [0, 0.1) is 3.57 Å². The van der Waals surface area contributed by atoms with Gasteiger partial charge in [0.15, 0.2) is 0 Å². The summed E-state index contributed by atoms with van der Waals surface area (Å²) >= 11 is 2.13. The number of urea groups is 1. The van der Waals surface area contributed by atoms with E-state index in [1.807, 2.05) is 36.4 Å². The van der Waals surface area contributed by atoms with Gasteiger partial charge in [-0.3, -0.25) is 0 Å². The minimum atomic E-state index is -3.87. The summed E-state index contributed by atoms with van der Waals surface area (Å²) in [5, 5.41) is 0. The molecule has 158 valence electrons. The van der Waals surface area contributed by atoms with Crippen molar-refractivity contribution in [2.45, 2.75) is 22.8 Å². The van der Waals surface area contributed by atoms with E-state index in [0.29, 0.717) is 13.0 Å². The highest BCUT2D eigenvalue weighted by atomic mass is 127. The molecule has 3 aromatic carbocycles. The molecule has 1 atom stereocenters. The molecule has 5 nitrogen and oxygen atoms in total. The van der Waals surface area contributed by atoms with Crippen molar-refractivity contribution in [3.63, 3.8) is 0 Å². The van der Waals surface area contributed by atoms with Crippen molar-refractivity contribution in [1.29, 1.82) is 0 Å². The zero-order valence-electron chi connectivity index (χ0n) is 16.7. The summed E-state index contributed by atoms with van der Waals surface area (Å²) < 4.78 is 28.3. The molecule has 0 saturated carbocycles. The van der Waals surface area contributed by atoms with Gasteiger partial charge in [0, 0.05) is 15.5 Å². The molecular formula is C24H21IN2O3S. The number of carbonyl (C=O) groups excluding carboxylic acids is 1. The average molecular weight is 544 g/mol. The first-order chi connectivity index (χ1) is 14.9. The summed E-state index contributed by atoms with van der Waals surface area (Å²) in [6.45, 7) is 0.637. The predicted molar refractivity (Wildman–Crippen MR) is 127 cm³/mol. The van der Waals surface area contributed by atoms with Crippen molar-refractivity contribution in [3.05, 3.63) is 99.6 Å². The number of benzene rings is 3. The lowest BCUT2D eigenvalue weighted by Crippen LogP contribution is -2.40. The summed E-state index contributed by atoms with van der Waals surface area (Å²) in [4.78, 5) is 15.2. The third kappa shape index (κ3) is 3.34. The molecule has 0 bridgehead atoms. The quantitative estimate of drug-likeness (QED) is 0.456. The molecule has 3 aromatic rings. The number of hydrogen-bond acceptors (Lipinski definition) is 3. The summed E-state index contributed by atoms with van der Waals surface area (Å²) in [5.74, 6) is 0. The van der Waals surface area contributed by atoms with Gasteiger partial charge in [0.25, 0.3) is 10.0 Å². The van der Waals surface area contributed by atoms with Gasteiger partial charge < -0.3 is 4.90 Å². The maximum Gasteiger partial charge on any atom is 0.334 e. The second-order valence-electron chi connectivity index (χ2n) is 8.07. The van der Waals surface area contributed by atoms with Crippen LogP contribution >= 0.6 is 22.6 Å². The Hall–Kier alpha value is -2.39. The van der Waals surface area contributed by atoms with Crippen LogP contribution in [0.5, 0.6) is 0 Å². The molecule has 2 aliphatic heterocycles. The molecule has 7 heteroatoms. The van der Waals surface area contributed by atoms with E-state index >= 15 is 0 Å². The number of nitrogens with zero attached hydrogens (tertiary/aromatic N) is 2. The van der Waals surface area contributed by atoms with Crippen molar-refractivity contribution >= 4 is 38.6 Å². The van der Waals surface area contributed by atoms with Crippen LogP contribution in [0.15, 0.2) is 89.8 Å². The van der Waals surface area contributed by atoms with Gasteiger partial charge in [0.1, 0.15) is 0 Å². The third-order valence-corrected chi connectivity index (χ3v) is 8.83. The van der Waals surface area contributed by atoms with Crippen LogP contribution in [0.3, 0.4) is 0 Å². The van der Waals surface area contributed by atoms with Crippen molar-refractivity contribution in [1.82, 2.24) is 9.21 Å². The lowest BCUT2D eigenvalue weighted by molar-refractivity contribution is 0.205. The molecule has 31 heavy (non-hydrogen) atoms. The van der Waals surface area contributed by atoms with Gasteiger partial charge in [0.05, 0.1) is 17.5 Å². The van der Waals surface area contributed by atoms with Crippen LogP contribution in [0.1, 0.15) is 17.5 Å². The second-order valence-corrected chi connectivity index (χ2v) is 11.2. The Balaban J connectivity index is 1.50. The lowest BCUT2D eigenvalue weighted by atomic mass is 9.73. The molecule has 2 aliphatic rings. The smallest absolute Gasteiger partial charge is 0.318 e. The Bertz CT molecular complexity index is 1180. The highest BCUT2D eigenvalue weighted by molar-refractivity contribution is 14.1. The molecule has 0 spiro atoms. The van der Waals surface area contributed by atoms with Gasteiger partial charge >= 0.3 is 6.03 Å². The molecule has 0 N–H and O–H groups in total. The normalized spacial score (nSPS) is 20.2. The van der Waals surface area contributed by atoms with Crippen molar-refractivity contribution in [2.75, 3.05) is 13.1 Å². The first-order valence-corrected chi connectivity index (χ1v) is 12.6. The molecule has 0 unspecified atom stereocenters. The van der Waals surface area contributed by atoms with Gasteiger partial charge in [-0.25, -0.2) is 17.5 Å². The maximum absolute atomic E-state index is 13.3. The fourth-order valence-corrected chi connectivity index (χ4v) is 6.60. The number of carbonyl (C=O) groups is 1. The lowest BCUT2D eigenvalue weighted by Gasteiger charge is -2.32. The third-order valence-electron chi connectivity index (χ3n) is 6.36. The minimum absolute atomic E-state index is 0.153. The molecule has 0 aliphatic carbocycles. The second kappa shape index (κ2) is 7.63. The van der Waals surface area contributed by atoms with Crippen LogP contribution in [0.2, 0.25) is 0 Å². The van der Waals surface area contributed by atoms with Crippen molar-refractivity contribution in [2.24, 2.45) is 0 Å². The van der Waals surface area contributed by atoms with Crippen molar-refractivity contribution in [3.8, 4) is 0 Å². The minimum Gasteiger partial charge on any atom is -0.318 e. The maximum atomic E-state index is 13.3. The number of hydrogen-bond donors (Lipinski definition) is 0. The van der Waals surface area contributed by atoms with E-state index in [2.05, 4.69) is 46.9 Å². The van der Waals surface area contributed by atoms with E-state index in [4.69, 9.17) is 0 Å². The van der Waals surface area contributed by atoms with Gasteiger partial charge in [-0.05, 0) is 64.4 Å². The molecule has 2 saturated heterocycles. The van der Waals surface area contributed by atoms with Crippen LogP contribution in [-0.4, -0.2) is 42.8 Å². The molecule has 2 heterocycles. The van der Waals surface area contributed by atoms with Crippen LogP contribution in [0.25, 0.3) is 0 Å². The zero-order valence-corrected chi connectivity index (χ0v) is 19.7. The molecule has 2 fully saturated rings. The van der Waals surface area contributed by atoms with Gasteiger partial charge in [0.2, 0.25) is 0 Å². The Morgan fingerprint density at radius 3 is 1.90 bits per heavy atom. The highest BCUT2D eigenvalue weighted by Crippen LogP contribution is 2.46. The van der Waals surface area contributed by atoms with E-state index in [1.54, 1.807) is 29.2 Å². The SMILES string of the molecule is O=C1N2CC(c3ccccc3)(c3ccccc3)C[C@H]2CN1S(=O)(=O)c1ccc(I)cc1. The number of fused-ring (bicyclic) bond motifs is 1. The van der Waals surface area contributed by atoms with E-state index < -0.39 is 16.1 Å². The molecular weight excluding hydrogens is 523 g/mol. The summed E-state index contributed by atoms with van der Waals surface area (Å²) in [5.41, 5.74) is 1.95. The van der Waals surface area contributed by atoms with Gasteiger partial charge in [-0.2, -0.15) is 0 Å². The average Bonchev–Trinajstić information content (AvgIpc) is 3.33. The molecule has 5 rings (SSSR count). The molecule has 2 amide bonds. The topological polar surface area (TPSA) is 57.7 Å². The first-order valence-electron chi connectivity index (χ1n) is 10.1. The number of rotatable bonds is 4.